The lowest BCUT2D eigenvalue weighted by Crippen LogP contribution is -2.41. The van der Waals surface area contributed by atoms with E-state index in [1.807, 2.05) is 52.3 Å². The fourth-order valence-electron chi connectivity index (χ4n) is 4.44. The SMILES string of the molecule is O=C1CCCN1Cc1ccc(NC(=O)N2CCCCC2c2nc3ccccc3s2)cc1. The van der Waals surface area contributed by atoms with Gasteiger partial charge >= 0.3 is 6.03 Å². The highest BCUT2D eigenvalue weighted by atomic mass is 32.1. The van der Waals surface area contributed by atoms with E-state index in [4.69, 9.17) is 4.98 Å². The number of anilines is 1. The van der Waals surface area contributed by atoms with Crippen LogP contribution < -0.4 is 5.32 Å². The minimum absolute atomic E-state index is 0.0200. The van der Waals surface area contributed by atoms with Crippen LogP contribution in [0.5, 0.6) is 0 Å². The maximum Gasteiger partial charge on any atom is 0.322 e. The van der Waals surface area contributed by atoms with Crippen molar-refractivity contribution in [3.63, 3.8) is 0 Å². The van der Waals surface area contributed by atoms with Crippen molar-refractivity contribution in [1.82, 2.24) is 14.8 Å². The summed E-state index contributed by atoms with van der Waals surface area (Å²) in [6, 6.07) is 15.9. The summed E-state index contributed by atoms with van der Waals surface area (Å²) in [6.07, 6.45) is 4.65. The molecule has 1 N–H and O–H groups in total. The van der Waals surface area contributed by atoms with Gasteiger partial charge in [-0.15, -0.1) is 11.3 Å². The minimum atomic E-state index is -0.0774. The fourth-order valence-corrected chi connectivity index (χ4v) is 5.56. The summed E-state index contributed by atoms with van der Waals surface area (Å²) in [7, 11) is 0. The number of benzene rings is 2. The van der Waals surface area contributed by atoms with Crippen molar-refractivity contribution in [3.05, 3.63) is 59.1 Å². The van der Waals surface area contributed by atoms with Crippen molar-refractivity contribution >= 4 is 39.2 Å². The molecular formula is C24H26N4O2S. The molecule has 160 valence electrons. The lowest BCUT2D eigenvalue weighted by molar-refractivity contribution is -0.128. The number of urea groups is 1. The van der Waals surface area contributed by atoms with Gasteiger partial charge in [0, 0.05) is 31.7 Å². The third-order valence-corrected chi connectivity index (χ3v) is 7.25. The molecule has 3 heterocycles. The number of hydrogen-bond acceptors (Lipinski definition) is 4. The highest BCUT2D eigenvalue weighted by Gasteiger charge is 2.30. The van der Waals surface area contributed by atoms with Crippen molar-refractivity contribution < 1.29 is 9.59 Å². The van der Waals surface area contributed by atoms with Gasteiger partial charge in [0.2, 0.25) is 5.91 Å². The van der Waals surface area contributed by atoms with Crippen LogP contribution in [0, 0.1) is 0 Å². The number of nitrogens with one attached hydrogen (secondary N) is 1. The Hall–Kier alpha value is -2.93. The lowest BCUT2D eigenvalue weighted by atomic mass is 10.0. The Morgan fingerprint density at radius 1 is 1.06 bits per heavy atom. The van der Waals surface area contributed by atoms with E-state index in [9.17, 15) is 9.59 Å². The van der Waals surface area contributed by atoms with Crippen molar-refractivity contribution in [2.24, 2.45) is 0 Å². The van der Waals surface area contributed by atoms with Crippen LogP contribution in [0.25, 0.3) is 10.2 Å². The molecule has 7 heteroatoms. The molecule has 1 aromatic heterocycles. The molecule has 2 saturated heterocycles. The molecule has 0 aliphatic carbocycles. The number of thiazole rings is 1. The predicted octanol–water partition coefficient (Wildman–Crippen LogP) is 5.18. The van der Waals surface area contributed by atoms with E-state index < -0.39 is 0 Å². The molecule has 1 unspecified atom stereocenters. The van der Waals surface area contributed by atoms with Crippen molar-refractivity contribution in [2.45, 2.75) is 44.7 Å². The number of para-hydroxylation sites is 1. The molecule has 0 spiro atoms. The lowest BCUT2D eigenvalue weighted by Gasteiger charge is -2.34. The van der Waals surface area contributed by atoms with Gasteiger partial charge in [0.25, 0.3) is 0 Å². The van der Waals surface area contributed by atoms with Crippen molar-refractivity contribution in [1.29, 1.82) is 0 Å². The number of rotatable bonds is 4. The Kier molecular flexibility index (Phi) is 5.59. The molecule has 0 radical (unpaired) electrons. The number of hydrogen-bond donors (Lipinski definition) is 1. The number of likely N-dealkylation sites (tertiary alicyclic amines) is 2. The zero-order chi connectivity index (χ0) is 21.2. The van der Waals surface area contributed by atoms with Crippen LogP contribution in [0.1, 0.15) is 48.7 Å². The first-order valence-corrected chi connectivity index (χ1v) is 11.8. The largest absolute Gasteiger partial charge is 0.338 e. The summed E-state index contributed by atoms with van der Waals surface area (Å²) < 4.78 is 1.16. The van der Waals surface area contributed by atoms with E-state index in [1.165, 1.54) is 0 Å². The van der Waals surface area contributed by atoms with Crippen molar-refractivity contribution in [3.8, 4) is 0 Å². The molecule has 0 bridgehead atoms. The second-order valence-electron chi connectivity index (χ2n) is 8.27. The average molecular weight is 435 g/mol. The monoisotopic (exact) mass is 434 g/mol. The number of carbonyl (C=O) groups excluding carboxylic acids is 2. The van der Waals surface area contributed by atoms with Gasteiger partial charge in [-0.05, 0) is 55.5 Å². The Bertz CT molecular complexity index is 1060. The summed E-state index contributed by atoms with van der Waals surface area (Å²) in [5.74, 6) is 0.225. The number of fused-ring (bicyclic) bond motifs is 1. The molecule has 3 amide bonds. The molecule has 2 fully saturated rings. The Labute approximate surface area is 185 Å². The van der Waals surface area contributed by atoms with Gasteiger partial charge in [-0.25, -0.2) is 9.78 Å². The molecule has 0 saturated carbocycles. The van der Waals surface area contributed by atoms with Crippen LogP contribution >= 0.6 is 11.3 Å². The second kappa shape index (κ2) is 8.67. The summed E-state index contributed by atoms with van der Waals surface area (Å²) >= 11 is 1.68. The normalized spacial score (nSPS) is 19.2. The molecule has 1 atom stereocenters. The van der Waals surface area contributed by atoms with Gasteiger partial charge in [-0.1, -0.05) is 24.3 Å². The Morgan fingerprint density at radius 3 is 2.68 bits per heavy atom. The third kappa shape index (κ3) is 4.28. The maximum atomic E-state index is 13.1. The summed E-state index contributed by atoms with van der Waals surface area (Å²) in [6.45, 7) is 2.21. The van der Waals surface area contributed by atoms with Crippen LogP contribution in [-0.2, 0) is 11.3 Å². The van der Waals surface area contributed by atoms with E-state index >= 15 is 0 Å². The minimum Gasteiger partial charge on any atom is -0.338 e. The smallest absolute Gasteiger partial charge is 0.322 e. The molecule has 3 aromatic rings. The molecule has 6 nitrogen and oxygen atoms in total. The first kappa shape index (κ1) is 20.0. The van der Waals surface area contributed by atoms with Crippen LogP contribution in [0.15, 0.2) is 48.5 Å². The summed E-state index contributed by atoms with van der Waals surface area (Å²) in [5, 5.41) is 4.07. The van der Waals surface area contributed by atoms with Crippen LogP contribution in [0.4, 0.5) is 10.5 Å². The number of aromatic nitrogens is 1. The van der Waals surface area contributed by atoms with Gasteiger partial charge in [-0.3, -0.25) is 4.79 Å². The second-order valence-corrected chi connectivity index (χ2v) is 9.33. The molecule has 2 aromatic carbocycles. The van der Waals surface area contributed by atoms with Crippen LogP contribution in [0.3, 0.4) is 0 Å². The number of piperidine rings is 1. The summed E-state index contributed by atoms with van der Waals surface area (Å²) in [4.78, 5) is 33.6. The van der Waals surface area contributed by atoms with Gasteiger partial charge < -0.3 is 15.1 Å². The topological polar surface area (TPSA) is 65.5 Å². The van der Waals surface area contributed by atoms with Gasteiger partial charge in [0.1, 0.15) is 5.01 Å². The molecule has 2 aliphatic heterocycles. The maximum absolute atomic E-state index is 13.1. The van der Waals surface area contributed by atoms with Gasteiger partial charge in [-0.2, -0.15) is 0 Å². The van der Waals surface area contributed by atoms with E-state index in [-0.39, 0.29) is 18.0 Å². The average Bonchev–Trinajstić information content (AvgIpc) is 3.41. The Morgan fingerprint density at radius 2 is 1.90 bits per heavy atom. The molecule has 2 aliphatic rings. The first-order valence-electron chi connectivity index (χ1n) is 11.0. The number of carbonyl (C=O) groups is 2. The zero-order valence-corrected chi connectivity index (χ0v) is 18.2. The summed E-state index contributed by atoms with van der Waals surface area (Å²) in [5.41, 5.74) is 2.86. The highest BCUT2D eigenvalue weighted by molar-refractivity contribution is 7.18. The van der Waals surface area contributed by atoms with E-state index in [0.717, 1.165) is 65.2 Å². The van der Waals surface area contributed by atoms with Gasteiger partial charge in [0.15, 0.2) is 0 Å². The van der Waals surface area contributed by atoms with E-state index in [2.05, 4.69) is 11.4 Å². The number of amides is 3. The number of nitrogens with zero attached hydrogens (tertiary/aromatic N) is 3. The van der Waals surface area contributed by atoms with Gasteiger partial charge in [0.05, 0.1) is 16.3 Å². The predicted molar refractivity (Wildman–Crippen MR) is 123 cm³/mol. The van der Waals surface area contributed by atoms with E-state index in [0.29, 0.717) is 13.0 Å². The molecular weight excluding hydrogens is 408 g/mol. The van der Waals surface area contributed by atoms with Crippen LogP contribution in [-0.4, -0.2) is 39.8 Å². The highest BCUT2D eigenvalue weighted by Crippen LogP contribution is 2.36. The fraction of sp³-hybridized carbons (Fsp3) is 0.375. The van der Waals surface area contributed by atoms with E-state index in [1.54, 1.807) is 11.3 Å². The molecule has 5 rings (SSSR count). The van der Waals surface area contributed by atoms with Crippen LogP contribution in [0.2, 0.25) is 0 Å². The third-order valence-electron chi connectivity index (χ3n) is 6.11. The Balaban J connectivity index is 1.27. The zero-order valence-electron chi connectivity index (χ0n) is 17.4. The first-order chi connectivity index (χ1) is 15.2. The molecule has 31 heavy (non-hydrogen) atoms. The standard InChI is InChI=1S/C24H26N4O2S/c29-22-9-5-14-27(22)16-17-10-12-18(13-11-17)25-24(30)28-15-4-3-7-20(28)23-26-19-6-1-2-8-21(19)31-23/h1-2,6,8,10-13,20H,3-5,7,9,14-16H2,(H,25,30). The van der Waals surface area contributed by atoms with Crippen molar-refractivity contribution in [2.75, 3.05) is 18.4 Å². The quantitative estimate of drug-likeness (QED) is 0.615.